The fourth-order valence-corrected chi connectivity index (χ4v) is 10.4. The van der Waals surface area contributed by atoms with E-state index in [2.05, 4.69) is 19.2 Å². The van der Waals surface area contributed by atoms with Crippen molar-refractivity contribution in [3.05, 3.63) is 12.2 Å². The van der Waals surface area contributed by atoms with E-state index in [-0.39, 0.29) is 18.9 Å². The van der Waals surface area contributed by atoms with Crippen molar-refractivity contribution in [2.24, 2.45) is 0 Å². The maximum absolute atomic E-state index is 13.2. The maximum atomic E-state index is 13.2. The molecule has 3 rings (SSSR count). The van der Waals surface area contributed by atoms with Crippen LogP contribution in [-0.4, -0.2) is 193 Å². The molecule has 3 heterocycles. The first kappa shape index (κ1) is 68.8. The zero-order valence-electron chi connectivity index (χ0n) is 46.5. The molecule has 0 radical (unpaired) electrons. The number of hydrogen-bond donors (Lipinski definition) is 12. The molecule has 3 aliphatic rings. The molecule has 17 unspecified atom stereocenters. The Labute approximate surface area is 455 Å². The van der Waals surface area contributed by atoms with Gasteiger partial charge in [0, 0.05) is 6.42 Å². The summed E-state index contributed by atoms with van der Waals surface area (Å²) in [6.07, 6.45) is 13.6. The summed E-state index contributed by atoms with van der Waals surface area (Å²) in [5, 5.41) is 120. The van der Waals surface area contributed by atoms with Crippen molar-refractivity contribution in [3.63, 3.8) is 0 Å². The third-order valence-corrected chi connectivity index (χ3v) is 15.3. The Kier molecular flexibility index (Phi) is 37.6. The lowest BCUT2D eigenvalue weighted by Gasteiger charge is -2.48. The van der Waals surface area contributed by atoms with Crippen molar-refractivity contribution >= 4 is 5.91 Å². The molecule has 0 aromatic rings. The van der Waals surface area contributed by atoms with E-state index >= 15 is 0 Å². The highest BCUT2D eigenvalue weighted by Crippen LogP contribution is 2.33. The molecule has 3 aliphatic heterocycles. The normalized spacial score (nSPS) is 31.0. The van der Waals surface area contributed by atoms with Gasteiger partial charge in [-0.05, 0) is 19.3 Å². The number of unbranched alkanes of at least 4 members (excludes halogenated alkanes) is 28. The summed E-state index contributed by atoms with van der Waals surface area (Å²) in [7, 11) is 0. The average Bonchev–Trinajstić information content (AvgIpc) is 3.42. The molecule has 3 fully saturated rings. The summed E-state index contributed by atoms with van der Waals surface area (Å²) in [6.45, 7) is 1.70. The number of rotatable bonds is 44. The third-order valence-electron chi connectivity index (χ3n) is 15.3. The molecule has 0 aliphatic carbocycles. The van der Waals surface area contributed by atoms with Gasteiger partial charge in [-0.3, -0.25) is 4.79 Å². The van der Waals surface area contributed by atoms with Crippen LogP contribution in [0.5, 0.6) is 0 Å². The van der Waals surface area contributed by atoms with E-state index in [1.54, 1.807) is 6.08 Å². The van der Waals surface area contributed by atoms with Gasteiger partial charge in [-0.2, -0.15) is 0 Å². The Morgan fingerprint density at radius 3 is 1.24 bits per heavy atom. The standard InChI is InChI=1S/C57H107NO18/c1-3-5-7-9-11-13-14-15-16-17-18-19-20-21-22-23-24-25-27-28-30-32-34-41(62)40(58-45(63)35-33-31-29-26-12-10-8-6-4-2)39-71-55-51(69)48(66)53(43(37-60)73-55)76-57-52(70)49(67)54(44(38-61)74-57)75-56-50(68)47(65)46(64)42(36-59)72-56/h32,34,40-44,46-57,59-62,64-70H,3-31,33,35-39H2,1-2H3,(H,58,63)/b34-32+. The lowest BCUT2D eigenvalue weighted by Crippen LogP contribution is -2.66. The van der Waals surface area contributed by atoms with Crippen molar-refractivity contribution in [1.29, 1.82) is 0 Å². The van der Waals surface area contributed by atoms with Crippen LogP contribution < -0.4 is 5.32 Å². The van der Waals surface area contributed by atoms with Gasteiger partial charge in [0.2, 0.25) is 5.91 Å². The minimum atomic E-state index is -1.97. The number of carbonyl (C=O) groups excluding carboxylic acids is 1. The largest absolute Gasteiger partial charge is 0.394 e. The van der Waals surface area contributed by atoms with Crippen molar-refractivity contribution in [1.82, 2.24) is 5.32 Å². The summed E-state index contributed by atoms with van der Waals surface area (Å²) >= 11 is 0. The average molecular weight is 1090 g/mol. The summed E-state index contributed by atoms with van der Waals surface area (Å²) in [6, 6.07) is -0.965. The predicted molar refractivity (Wildman–Crippen MR) is 287 cm³/mol. The lowest BCUT2D eigenvalue weighted by molar-refractivity contribution is -0.379. The van der Waals surface area contributed by atoms with E-state index in [0.29, 0.717) is 6.42 Å². The topological polar surface area (TPSA) is 307 Å². The number of carbonyl (C=O) groups is 1. The van der Waals surface area contributed by atoms with Crippen LogP contribution in [0.2, 0.25) is 0 Å². The van der Waals surface area contributed by atoms with Gasteiger partial charge < -0.3 is 89.9 Å². The molecule has 0 bridgehead atoms. The summed E-state index contributed by atoms with van der Waals surface area (Å²) in [5.74, 6) is -0.278. The number of allylic oxidation sites excluding steroid dienone is 1. The van der Waals surface area contributed by atoms with Crippen molar-refractivity contribution in [2.45, 2.75) is 317 Å². The molecule has 448 valence electrons. The van der Waals surface area contributed by atoms with Gasteiger partial charge in [0.05, 0.1) is 38.6 Å². The fraction of sp³-hybridized carbons (Fsp3) is 0.947. The Bertz CT molecular complexity index is 1450. The second kappa shape index (κ2) is 41.5. The molecular formula is C57H107NO18. The first-order valence-corrected chi connectivity index (χ1v) is 29.9. The highest BCUT2D eigenvalue weighted by atomic mass is 16.8. The van der Waals surface area contributed by atoms with Crippen LogP contribution in [0.4, 0.5) is 0 Å². The lowest BCUT2D eigenvalue weighted by atomic mass is 9.96. The van der Waals surface area contributed by atoms with Gasteiger partial charge in [0.1, 0.15) is 73.2 Å². The number of hydrogen-bond acceptors (Lipinski definition) is 18. The zero-order valence-corrected chi connectivity index (χ0v) is 46.5. The summed E-state index contributed by atoms with van der Waals surface area (Å²) < 4.78 is 34.2. The summed E-state index contributed by atoms with van der Waals surface area (Å²) in [4.78, 5) is 13.2. The molecule has 0 saturated carbocycles. The predicted octanol–water partition coefficient (Wildman–Crippen LogP) is 4.99. The van der Waals surface area contributed by atoms with Gasteiger partial charge in [-0.25, -0.2) is 0 Å². The van der Waals surface area contributed by atoms with E-state index < -0.39 is 124 Å². The third kappa shape index (κ3) is 25.5. The van der Waals surface area contributed by atoms with Crippen LogP contribution in [0.25, 0.3) is 0 Å². The van der Waals surface area contributed by atoms with Gasteiger partial charge in [-0.1, -0.05) is 199 Å². The van der Waals surface area contributed by atoms with Crippen LogP contribution in [0.1, 0.15) is 213 Å². The van der Waals surface area contributed by atoms with Crippen LogP contribution >= 0.6 is 0 Å². The number of aliphatic hydroxyl groups excluding tert-OH is 11. The Hall–Kier alpha value is -1.47. The highest BCUT2D eigenvalue weighted by Gasteiger charge is 2.53. The van der Waals surface area contributed by atoms with E-state index in [0.717, 1.165) is 44.9 Å². The first-order chi connectivity index (χ1) is 36.8. The van der Waals surface area contributed by atoms with Gasteiger partial charge in [-0.15, -0.1) is 0 Å². The molecule has 1 amide bonds. The maximum Gasteiger partial charge on any atom is 0.220 e. The number of nitrogens with one attached hydrogen (secondary N) is 1. The minimum Gasteiger partial charge on any atom is -0.394 e. The Morgan fingerprint density at radius 2 is 0.816 bits per heavy atom. The van der Waals surface area contributed by atoms with E-state index in [9.17, 15) is 61.0 Å². The molecule has 19 nitrogen and oxygen atoms in total. The van der Waals surface area contributed by atoms with Crippen molar-refractivity contribution in [2.75, 3.05) is 26.4 Å². The Balaban J connectivity index is 1.47. The SMILES string of the molecule is CCCCCCCCCCCCCCCCCCCCCC/C=C/C(O)C(COC1OC(CO)C(OC2OC(CO)C(OC3OC(CO)C(O)C(O)C3O)C(O)C2O)C(O)C1O)NC(=O)CCCCCCCCCCC. The zero-order chi connectivity index (χ0) is 55.5. The highest BCUT2D eigenvalue weighted by molar-refractivity contribution is 5.76. The molecule has 3 saturated heterocycles. The van der Waals surface area contributed by atoms with E-state index in [4.69, 9.17) is 28.4 Å². The quantitative estimate of drug-likeness (QED) is 0.0283. The number of aliphatic hydroxyl groups is 11. The molecule has 19 heteroatoms. The Morgan fingerprint density at radius 1 is 0.461 bits per heavy atom. The summed E-state index contributed by atoms with van der Waals surface area (Å²) in [5.41, 5.74) is 0. The number of ether oxygens (including phenoxy) is 6. The van der Waals surface area contributed by atoms with Crippen molar-refractivity contribution < 1.29 is 89.4 Å². The van der Waals surface area contributed by atoms with E-state index in [1.807, 2.05) is 6.08 Å². The van der Waals surface area contributed by atoms with Crippen LogP contribution in [0.15, 0.2) is 12.2 Å². The second-order valence-electron chi connectivity index (χ2n) is 21.8. The molecule has 0 spiro atoms. The second-order valence-corrected chi connectivity index (χ2v) is 21.8. The monoisotopic (exact) mass is 1090 g/mol. The van der Waals surface area contributed by atoms with Crippen LogP contribution in [-0.2, 0) is 33.2 Å². The smallest absolute Gasteiger partial charge is 0.220 e. The molecule has 17 atom stereocenters. The number of amides is 1. The molecule has 12 N–H and O–H groups in total. The van der Waals surface area contributed by atoms with Crippen molar-refractivity contribution in [3.8, 4) is 0 Å². The van der Waals surface area contributed by atoms with Gasteiger partial charge >= 0.3 is 0 Å². The fourth-order valence-electron chi connectivity index (χ4n) is 10.4. The van der Waals surface area contributed by atoms with E-state index in [1.165, 1.54) is 141 Å². The minimum absolute atomic E-state index is 0.247. The van der Waals surface area contributed by atoms with Gasteiger partial charge in [0.25, 0.3) is 0 Å². The van der Waals surface area contributed by atoms with Crippen LogP contribution in [0.3, 0.4) is 0 Å². The molecule has 0 aromatic carbocycles. The molecular weight excluding hydrogens is 987 g/mol. The first-order valence-electron chi connectivity index (χ1n) is 29.9. The molecule has 0 aromatic heterocycles. The molecule has 76 heavy (non-hydrogen) atoms. The van der Waals surface area contributed by atoms with Gasteiger partial charge in [0.15, 0.2) is 18.9 Å². The van der Waals surface area contributed by atoms with Crippen LogP contribution in [0, 0.1) is 0 Å².